The predicted octanol–water partition coefficient (Wildman–Crippen LogP) is 4.88. The molecule has 7 heteroatoms. The molecular formula is C24H18N4O3. The summed E-state index contributed by atoms with van der Waals surface area (Å²) < 4.78 is 0. The molecule has 4 rings (SSSR count). The highest BCUT2D eigenvalue weighted by molar-refractivity contribution is 6.07. The number of benzene rings is 3. The third kappa shape index (κ3) is 4.30. The number of nitrogens with one attached hydrogen (secondary N) is 1. The summed E-state index contributed by atoms with van der Waals surface area (Å²) in [6.07, 6.45) is 1.27. The molecule has 0 fully saturated rings. The van der Waals surface area contributed by atoms with E-state index in [1.165, 1.54) is 12.3 Å². The maximum Gasteiger partial charge on any atom is 0.278 e. The first-order chi connectivity index (χ1) is 15.0. The van der Waals surface area contributed by atoms with Gasteiger partial charge in [-0.25, -0.2) is 10.4 Å². The van der Waals surface area contributed by atoms with Gasteiger partial charge in [-0.15, -0.1) is 0 Å². The average Bonchev–Trinajstić information content (AvgIpc) is 2.79. The molecule has 0 unspecified atom stereocenters. The van der Waals surface area contributed by atoms with Crippen LogP contribution < -0.4 is 5.43 Å². The van der Waals surface area contributed by atoms with Gasteiger partial charge in [0.15, 0.2) is 0 Å². The maximum atomic E-state index is 13.0. The van der Waals surface area contributed by atoms with Crippen molar-refractivity contribution in [3.05, 3.63) is 106 Å². The Morgan fingerprint density at radius 3 is 2.55 bits per heavy atom. The number of hydrazone groups is 1. The van der Waals surface area contributed by atoms with Crippen molar-refractivity contribution in [1.82, 2.24) is 10.4 Å². The molecule has 0 aliphatic heterocycles. The van der Waals surface area contributed by atoms with Crippen molar-refractivity contribution in [3.8, 4) is 11.3 Å². The van der Waals surface area contributed by atoms with E-state index in [4.69, 9.17) is 4.98 Å². The van der Waals surface area contributed by atoms with E-state index in [0.717, 1.165) is 11.1 Å². The van der Waals surface area contributed by atoms with Crippen LogP contribution in [0.5, 0.6) is 0 Å². The zero-order valence-electron chi connectivity index (χ0n) is 16.6. The molecule has 31 heavy (non-hydrogen) atoms. The molecule has 3 aromatic carbocycles. The summed E-state index contributed by atoms with van der Waals surface area (Å²) in [7, 11) is 0. The van der Waals surface area contributed by atoms with Crippen LogP contribution in [-0.2, 0) is 0 Å². The molecule has 1 amide bonds. The number of pyridine rings is 1. The van der Waals surface area contributed by atoms with Gasteiger partial charge in [-0.3, -0.25) is 14.9 Å². The van der Waals surface area contributed by atoms with Crippen molar-refractivity contribution < 1.29 is 9.72 Å². The van der Waals surface area contributed by atoms with Gasteiger partial charge < -0.3 is 0 Å². The van der Waals surface area contributed by atoms with Crippen LogP contribution in [0.1, 0.15) is 21.5 Å². The van der Waals surface area contributed by atoms with Gasteiger partial charge in [-0.2, -0.15) is 5.10 Å². The number of amides is 1. The van der Waals surface area contributed by atoms with Crippen molar-refractivity contribution in [2.24, 2.45) is 5.10 Å². The lowest BCUT2D eigenvalue weighted by molar-refractivity contribution is -0.385. The number of hydrogen-bond acceptors (Lipinski definition) is 5. The molecule has 0 saturated carbocycles. The molecule has 0 radical (unpaired) electrons. The zero-order chi connectivity index (χ0) is 21.8. The Morgan fingerprint density at radius 2 is 1.77 bits per heavy atom. The number of aromatic nitrogens is 1. The van der Waals surface area contributed by atoms with Crippen molar-refractivity contribution in [3.63, 3.8) is 0 Å². The second-order valence-corrected chi connectivity index (χ2v) is 6.96. The summed E-state index contributed by atoms with van der Waals surface area (Å²) in [6, 6.07) is 23.2. The summed E-state index contributed by atoms with van der Waals surface area (Å²) in [4.78, 5) is 28.3. The number of carbonyl (C=O) groups is 1. The van der Waals surface area contributed by atoms with Crippen molar-refractivity contribution >= 4 is 28.7 Å². The van der Waals surface area contributed by atoms with Crippen molar-refractivity contribution in [2.75, 3.05) is 0 Å². The lowest BCUT2D eigenvalue weighted by atomic mass is 10.0. The van der Waals surface area contributed by atoms with E-state index in [0.29, 0.717) is 27.7 Å². The van der Waals surface area contributed by atoms with Gasteiger partial charge in [0.05, 0.1) is 33.5 Å². The molecule has 0 aliphatic rings. The van der Waals surface area contributed by atoms with Crippen LogP contribution in [0.15, 0.2) is 84.0 Å². The van der Waals surface area contributed by atoms with Gasteiger partial charge in [0.1, 0.15) is 0 Å². The van der Waals surface area contributed by atoms with Gasteiger partial charge in [-0.05, 0) is 31.2 Å². The van der Waals surface area contributed by atoms with Crippen LogP contribution in [0.2, 0.25) is 0 Å². The largest absolute Gasteiger partial charge is 0.278 e. The van der Waals surface area contributed by atoms with E-state index in [9.17, 15) is 14.9 Å². The van der Waals surface area contributed by atoms with E-state index in [1.54, 1.807) is 24.3 Å². The molecule has 0 saturated heterocycles. The Hall–Kier alpha value is -4.39. The number of nitrogens with zero attached hydrogens (tertiary/aromatic N) is 3. The SMILES string of the molecule is Cc1ccc2nc(-c3ccccc3)cc(C(=O)NN=Cc3ccccc3[N+](=O)[O-])c2c1. The highest BCUT2D eigenvalue weighted by atomic mass is 16.6. The molecule has 1 heterocycles. The minimum Gasteiger partial charge on any atom is -0.267 e. The predicted molar refractivity (Wildman–Crippen MR) is 120 cm³/mol. The maximum absolute atomic E-state index is 13.0. The molecule has 0 bridgehead atoms. The molecule has 0 spiro atoms. The Labute approximate surface area is 178 Å². The highest BCUT2D eigenvalue weighted by Gasteiger charge is 2.15. The molecule has 0 aliphatic carbocycles. The summed E-state index contributed by atoms with van der Waals surface area (Å²) in [5, 5.41) is 15.8. The third-order valence-corrected chi connectivity index (χ3v) is 4.78. The number of carbonyl (C=O) groups excluding carboxylic acids is 1. The average molecular weight is 410 g/mol. The molecule has 4 aromatic rings. The van der Waals surface area contributed by atoms with Crippen LogP contribution >= 0.6 is 0 Å². The number of nitro benzene ring substituents is 1. The van der Waals surface area contributed by atoms with E-state index in [1.807, 2.05) is 55.5 Å². The minimum absolute atomic E-state index is 0.0863. The Bertz CT molecular complexity index is 1320. The normalized spacial score (nSPS) is 11.0. The van der Waals surface area contributed by atoms with Crippen molar-refractivity contribution in [1.29, 1.82) is 0 Å². The van der Waals surface area contributed by atoms with Gasteiger partial charge in [-0.1, -0.05) is 54.1 Å². The number of aryl methyl sites for hydroxylation is 1. The number of hydrogen-bond donors (Lipinski definition) is 1. The molecule has 1 N–H and O–H groups in total. The quantitative estimate of drug-likeness (QED) is 0.288. The number of rotatable bonds is 5. The first-order valence-electron chi connectivity index (χ1n) is 9.56. The molecule has 0 atom stereocenters. The third-order valence-electron chi connectivity index (χ3n) is 4.78. The fourth-order valence-electron chi connectivity index (χ4n) is 3.27. The molecule has 7 nitrogen and oxygen atoms in total. The number of nitro groups is 1. The van der Waals surface area contributed by atoms with Crippen LogP contribution in [0, 0.1) is 17.0 Å². The van der Waals surface area contributed by atoms with Gasteiger partial charge >= 0.3 is 0 Å². The molecular weight excluding hydrogens is 392 g/mol. The van der Waals surface area contributed by atoms with Gasteiger partial charge in [0.2, 0.25) is 0 Å². The van der Waals surface area contributed by atoms with E-state index in [-0.39, 0.29) is 5.69 Å². The number of para-hydroxylation sites is 1. The van der Waals surface area contributed by atoms with Crippen LogP contribution in [-0.4, -0.2) is 22.0 Å². The van der Waals surface area contributed by atoms with Gasteiger partial charge in [0.25, 0.3) is 11.6 Å². The van der Waals surface area contributed by atoms with E-state index < -0.39 is 10.8 Å². The summed E-state index contributed by atoms with van der Waals surface area (Å²) >= 11 is 0. The number of fused-ring (bicyclic) bond motifs is 1. The minimum atomic E-state index is -0.492. The Morgan fingerprint density at radius 1 is 1.03 bits per heavy atom. The molecule has 152 valence electrons. The second-order valence-electron chi connectivity index (χ2n) is 6.96. The summed E-state index contributed by atoms with van der Waals surface area (Å²) in [5.41, 5.74) is 6.38. The van der Waals surface area contributed by atoms with Crippen LogP contribution in [0.4, 0.5) is 5.69 Å². The topological polar surface area (TPSA) is 97.5 Å². The lowest BCUT2D eigenvalue weighted by Gasteiger charge is -2.10. The monoisotopic (exact) mass is 410 g/mol. The standard InChI is InChI=1S/C24H18N4O3/c1-16-11-12-21-19(13-16)20(14-22(26-21)17-7-3-2-4-8-17)24(29)27-25-15-18-9-5-6-10-23(18)28(30)31/h2-15H,1H3,(H,27,29). The van der Waals surface area contributed by atoms with Crippen LogP contribution in [0.3, 0.4) is 0 Å². The highest BCUT2D eigenvalue weighted by Crippen LogP contribution is 2.25. The summed E-state index contributed by atoms with van der Waals surface area (Å²) in [5.74, 6) is -0.426. The Kier molecular flexibility index (Phi) is 5.49. The first-order valence-corrected chi connectivity index (χ1v) is 9.56. The fourth-order valence-corrected chi connectivity index (χ4v) is 3.27. The Balaban J connectivity index is 1.70. The van der Waals surface area contributed by atoms with Crippen LogP contribution in [0.25, 0.3) is 22.2 Å². The molecule has 1 aromatic heterocycles. The van der Waals surface area contributed by atoms with E-state index >= 15 is 0 Å². The summed E-state index contributed by atoms with van der Waals surface area (Å²) in [6.45, 7) is 1.94. The first kappa shape index (κ1) is 19.9. The van der Waals surface area contributed by atoms with Crippen molar-refractivity contribution in [2.45, 2.75) is 6.92 Å². The zero-order valence-corrected chi connectivity index (χ0v) is 16.6. The van der Waals surface area contributed by atoms with Gasteiger partial charge in [0, 0.05) is 17.0 Å². The fraction of sp³-hybridized carbons (Fsp3) is 0.0417. The second kappa shape index (κ2) is 8.54. The smallest absolute Gasteiger partial charge is 0.267 e. The lowest BCUT2D eigenvalue weighted by Crippen LogP contribution is -2.18. The van der Waals surface area contributed by atoms with E-state index in [2.05, 4.69) is 10.5 Å².